The molecular weight excluding hydrogens is 212 g/mol. The van der Waals surface area contributed by atoms with Crippen LogP contribution in [-0.2, 0) is 9.59 Å². The molecule has 0 saturated carbocycles. The van der Waals surface area contributed by atoms with E-state index in [9.17, 15) is 9.59 Å². The Morgan fingerprint density at radius 3 is 2.86 bits per heavy atom. The van der Waals surface area contributed by atoms with E-state index in [0.717, 1.165) is 11.5 Å². The van der Waals surface area contributed by atoms with Crippen LogP contribution in [0.5, 0.6) is 0 Å². The van der Waals surface area contributed by atoms with Crippen molar-refractivity contribution in [3.05, 3.63) is 5.82 Å². The van der Waals surface area contributed by atoms with Crippen LogP contribution in [0, 0.1) is 0 Å². The van der Waals surface area contributed by atoms with Crippen LogP contribution in [0.2, 0.25) is 0 Å². The molecular formula is C5H4N4O4S. The molecule has 74 valence electrons. The highest BCUT2D eigenvalue weighted by Gasteiger charge is 2.18. The van der Waals surface area contributed by atoms with Gasteiger partial charge in [-0.3, -0.25) is 4.79 Å². The Morgan fingerprint density at radius 1 is 1.64 bits per heavy atom. The Hall–Kier alpha value is -2.03. The first-order chi connectivity index (χ1) is 6.69. The summed E-state index contributed by atoms with van der Waals surface area (Å²) in [4.78, 5) is 24.0. The molecule has 1 aromatic heterocycles. The molecule has 0 aliphatic heterocycles. The van der Waals surface area contributed by atoms with E-state index in [4.69, 9.17) is 10.3 Å². The number of carbonyl (C=O) groups is 2. The summed E-state index contributed by atoms with van der Waals surface area (Å²) in [7, 11) is 0. The van der Waals surface area contributed by atoms with Crippen LogP contribution in [0.25, 0.3) is 0 Å². The van der Waals surface area contributed by atoms with Crippen molar-refractivity contribution < 1.29 is 19.9 Å². The van der Waals surface area contributed by atoms with Gasteiger partial charge in [-0.1, -0.05) is 5.16 Å². The highest BCUT2D eigenvalue weighted by atomic mass is 32.1. The van der Waals surface area contributed by atoms with Crippen LogP contribution < -0.4 is 5.32 Å². The van der Waals surface area contributed by atoms with Crippen LogP contribution in [0.3, 0.4) is 0 Å². The Kier molecular flexibility index (Phi) is 3.07. The molecule has 9 heteroatoms. The molecule has 0 aromatic carbocycles. The molecule has 1 amide bonds. The molecule has 0 radical (unpaired) electrons. The lowest BCUT2D eigenvalue weighted by molar-refractivity contribution is -0.129. The standard InChI is InChI=1S/C5H4N4O4S/c10-1-6-5-7-3(9-14-5)2(8-13)4(11)12/h1,13H,(H,11,12)(H,6,7,9,10)/b8-2-. The minimum Gasteiger partial charge on any atom is -0.476 e. The average Bonchev–Trinajstić information content (AvgIpc) is 2.54. The third-order valence-corrected chi connectivity index (χ3v) is 1.77. The zero-order chi connectivity index (χ0) is 10.6. The van der Waals surface area contributed by atoms with Crippen LogP contribution >= 0.6 is 11.5 Å². The maximum Gasteiger partial charge on any atom is 0.361 e. The summed E-state index contributed by atoms with van der Waals surface area (Å²) in [6, 6.07) is 0. The SMILES string of the molecule is O=CNc1nc(/C(=N/O)C(=O)O)ns1. The normalized spacial score (nSPS) is 11.0. The van der Waals surface area contributed by atoms with Crippen molar-refractivity contribution >= 4 is 34.8 Å². The van der Waals surface area contributed by atoms with Crippen molar-refractivity contribution in [3.8, 4) is 0 Å². The number of hydrogen-bond acceptors (Lipinski definition) is 7. The molecule has 1 heterocycles. The summed E-state index contributed by atoms with van der Waals surface area (Å²) in [5, 5.41) is 21.7. The minimum atomic E-state index is -1.46. The van der Waals surface area contributed by atoms with Crippen LogP contribution in [0.1, 0.15) is 5.82 Å². The highest BCUT2D eigenvalue weighted by molar-refractivity contribution is 7.10. The topological polar surface area (TPSA) is 125 Å². The Labute approximate surface area is 81.1 Å². The molecule has 0 aliphatic rings. The quantitative estimate of drug-likeness (QED) is 0.266. The third kappa shape index (κ3) is 2.01. The van der Waals surface area contributed by atoms with Crippen molar-refractivity contribution in [2.45, 2.75) is 0 Å². The number of hydrogen-bond donors (Lipinski definition) is 3. The van der Waals surface area contributed by atoms with Crippen molar-refractivity contribution in [1.29, 1.82) is 0 Å². The molecule has 14 heavy (non-hydrogen) atoms. The van der Waals surface area contributed by atoms with Gasteiger partial charge in [0.2, 0.25) is 23.1 Å². The van der Waals surface area contributed by atoms with Gasteiger partial charge in [-0.25, -0.2) is 4.79 Å². The van der Waals surface area contributed by atoms with Crippen molar-refractivity contribution in [2.75, 3.05) is 5.32 Å². The predicted molar refractivity (Wildman–Crippen MR) is 45.6 cm³/mol. The molecule has 0 saturated heterocycles. The van der Waals surface area contributed by atoms with E-state index in [-0.39, 0.29) is 11.0 Å². The van der Waals surface area contributed by atoms with Gasteiger partial charge in [-0.2, -0.15) is 9.36 Å². The fourth-order valence-electron chi connectivity index (χ4n) is 0.612. The number of oxime groups is 1. The number of carboxylic acid groups (broad SMARTS) is 1. The van der Waals surface area contributed by atoms with Crippen LogP contribution in [0.15, 0.2) is 5.16 Å². The van der Waals surface area contributed by atoms with E-state index in [1.807, 2.05) is 0 Å². The first kappa shape index (κ1) is 10.1. The number of anilines is 1. The Morgan fingerprint density at radius 2 is 2.36 bits per heavy atom. The molecule has 1 rings (SSSR count). The van der Waals surface area contributed by atoms with Crippen molar-refractivity contribution in [2.24, 2.45) is 5.16 Å². The van der Waals surface area contributed by atoms with Crippen molar-refractivity contribution in [3.63, 3.8) is 0 Å². The summed E-state index contributed by atoms with van der Waals surface area (Å²) in [5.41, 5.74) is -0.680. The summed E-state index contributed by atoms with van der Waals surface area (Å²) in [6.45, 7) is 0. The van der Waals surface area contributed by atoms with Gasteiger partial charge >= 0.3 is 5.97 Å². The molecule has 0 bridgehead atoms. The number of aromatic nitrogens is 2. The second-order valence-electron chi connectivity index (χ2n) is 1.94. The monoisotopic (exact) mass is 216 g/mol. The first-order valence-electron chi connectivity index (χ1n) is 3.18. The summed E-state index contributed by atoms with van der Waals surface area (Å²) >= 11 is 0.776. The lowest BCUT2D eigenvalue weighted by Gasteiger charge is -1.90. The second-order valence-corrected chi connectivity index (χ2v) is 2.69. The maximum atomic E-state index is 10.4. The molecule has 0 fully saturated rings. The number of carboxylic acids is 1. The summed E-state index contributed by atoms with van der Waals surface area (Å²) in [6.07, 6.45) is 0.376. The van der Waals surface area contributed by atoms with E-state index >= 15 is 0 Å². The van der Waals surface area contributed by atoms with Gasteiger partial charge in [0, 0.05) is 11.5 Å². The molecule has 0 aliphatic carbocycles. The fourth-order valence-corrected chi connectivity index (χ4v) is 1.14. The largest absolute Gasteiger partial charge is 0.476 e. The maximum absolute atomic E-state index is 10.4. The van der Waals surface area contributed by atoms with Gasteiger partial charge in [0.05, 0.1) is 0 Å². The van der Waals surface area contributed by atoms with E-state index in [1.54, 1.807) is 0 Å². The third-order valence-electron chi connectivity index (χ3n) is 1.12. The van der Waals surface area contributed by atoms with Crippen molar-refractivity contribution in [1.82, 2.24) is 9.36 Å². The molecule has 3 N–H and O–H groups in total. The fraction of sp³-hybridized carbons (Fsp3) is 0. The lowest BCUT2D eigenvalue weighted by atomic mass is 10.4. The summed E-state index contributed by atoms with van der Waals surface area (Å²) in [5.74, 6) is -1.71. The average molecular weight is 216 g/mol. The van der Waals surface area contributed by atoms with Gasteiger partial charge in [-0.05, 0) is 0 Å². The van der Waals surface area contributed by atoms with Gasteiger partial charge < -0.3 is 15.6 Å². The predicted octanol–water partition coefficient (Wildman–Crippen LogP) is -0.631. The summed E-state index contributed by atoms with van der Waals surface area (Å²) < 4.78 is 3.56. The Balaban J connectivity index is 2.95. The number of nitrogens with zero attached hydrogens (tertiary/aromatic N) is 3. The zero-order valence-electron chi connectivity index (χ0n) is 6.54. The van der Waals surface area contributed by atoms with E-state index < -0.39 is 11.7 Å². The molecule has 1 aromatic rings. The second kappa shape index (κ2) is 4.28. The van der Waals surface area contributed by atoms with Crippen LogP contribution in [-0.4, -0.2) is 37.8 Å². The lowest BCUT2D eigenvalue weighted by Crippen LogP contribution is -2.16. The molecule has 8 nitrogen and oxygen atoms in total. The Bertz CT molecular complexity index is 387. The number of carbonyl (C=O) groups excluding carboxylic acids is 1. The molecule has 0 unspecified atom stereocenters. The smallest absolute Gasteiger partial charge is 0.361 e. The zero-order valence-corrected chi connectivity index (χ0v) is 7.35. The van der Waals surface area contributed by atoms with Gasteiger partial charge in [-0.15, -0.1) is 0 Å². The first-order valence-corrected chi connectivity index (χ1v) is 3.96. The van der Waals surface area contributed by atoms with Crippen LogP contribution in [0.4, 0.5) is 5.13 Å². The van der Waals surface area contributed by atoms with Gasteiger partial charge in [0.15, 0.2) is 0 Å². The van der Waals surface area contributed by atoms with Gasteiger partial charge in [0.1, 0.15) is 0 Å². The van der Waals surface area contributed by atoms with Gasteiger partial charge in [0.25, 0.3) is 0 Å². The number of rotatable bonds is 4. The van der Waals surface area contributed by atoms with E-state index in [2.05, 4.69) is 19.8 Å². The molecule has 0 atom stereocenters. The number of amides is 1. The minimum absolute atomic E-state index is 0.123. The number of nitrogens with one attached hydrogen (secondary N) is 1. The highest BCUT2D eigenvalue weighted by Crippen LogP contribution is 2.10. The van der Waals surface area contributed by atoms with E-state index in [1.165, 1.54) is 0 Å². The van der Waals surface area contributed by atoms with E-state index in [0.29, 0.717) is 6.41 Å². The molecule has 0 spiro atoms. The number of aliphatic carboxylic acids is 1.